The summed E-state index contributed by atoms with van der Waals surface area (Å²) in [6.45, 7) is 0. The fraction of sp³-hybridized carbons (Fsp3) is 0.286. The molecular weight excluding hydrogens is 376 g/mol. The van der Waals surface area contributed by atoms with Crippen LogP contribution in [0, 0.1) is 22.0 Å². The highest BCUT2D eigenvalue weighted by molar-refractivity contribution is 6.22. The average molecular weight is 394 g/mol. The summed E-state index contributed by atoms with van der Waals surface area (Å²) in [5, 5.41) is 10.7. The zero-order valence-corrected chi connectivity index (χ0v) is 15.4. The summed E-state index contributed by atoms with van der Waals surface area (Å²) in [5.41, 5.74) is 0.420. The van der Waals surface area contributed by atoms with Crippen molar-refractivity contribution in [1.82, 2.24) is 0 Å². The molecule has 148 valence electrons. The van der Waals surface area contributed by atoms with Gasteiger partial charge in [0.25, 0.3) is 5.69 Å². The fourth-order valence-electron chi connectivity index (χ4n) is 3.99. The van der Waals surface area contributed by atoms with Crippen LogP contribution in [0.3, 0.4) is 0 Å². The number of anilines is 1. The van der Waals surface area contributed by atoms with Crippen molar-refractivity contribution in [3.05, 3.63) is 64.2 Å². The number of esters is 1. The Kier molecular flexibility index (Phi) is 4.84. The highest BCUT2D eigenvalue weighted by Gasteiger charge is 2.48. The van der Waals surface area contributed by atoms with Gasteiger partial charge in [-0.1, -0.05) is 18.9 Å². The molecule has 1 heterocycles. The minimum atomic E-state index is -0.683. The van der Waals surface area contributed by atoms with E-state index < -0.39 is 10.9 Å². The van der Waals surface area contributed by atoms with E-state index in [1.807, 2.05) is 0 Å². The number of nitrogens with zero attached hydrogens (tertiary/aromatic N) is 2. The molecule has 8 heteroatoms. The van der Waals surface area contributed by atoms with E-state index in [1.165, 1.54) is 41.3 Å². The first-order valence-electron chi connectivity index (χ1n) is 9.40. The number of carbonyl (C=O) groups excluding carboxylic acids is 3. The molecule has 1 saturated heterocycles. The number of hydrogen-bond acceptors (Lipinski definition) is 6. The number of rotatable bonds is 4. The molecule has 29 heavy (non-hydrogen) atoms. The molecule has 2 aliphatic rings. The summed E-state index contributed by atoms with van der Waals surface area (Å²) in [5.74, 6) is -1.48. The smallest absolute Gasteiger partial charge is 0.343 e. The van der Waals surface area contributed by atoms with E-state index in [-0.39, 0.29) is 40.7 Å². The Labute approximate surface area is 166 Å². The SMILES string of the molecule is O=C(Oc1ccc([N+](=O)[O-])cc1)c1cccc(N2C(=O)[C@@H]3CCCC[C@H]3C2=O)c1. The monoisotopic (exact) mass is 394 g/mol. The molecule has 0 bridgehead atoms. The average Bonchev–Trinajstić information content (AvgIpc) is 2.99. The van der Waals surface area contributed by atoms with Crippen LogP contribution >= 0.6 is 0 Å². The molecule has 8 nitrogen and oxygen atoms in total. The normalized spacial score (nSPS) is 21.0. The minimum absolute atomic E-state index is 0.112. The predicted molar refractivity (Wildman–Crippen MR) is 102 cm³/mol. The van der Waals surface area contributed by atoms with Gasteiger partial charge in [0, 0.05) is 12.1 Å². The van der Waals surface area contributed by atoms with Crippen molar-refractivity contribution in [3.63, 3.8) is 0 Å². The largest absolute Gasteiger partial charge is 0.423 e. The van der Waals surface area contributed by atoms with Crippen molar-refractivity contribution in [3.8, 4) is 5.75 Å². The predicted octanol–water partition coefficient (Wildman–Crippen LogP) is 3.49. The molecule has 1 aliphatic heterocycles. The number of imide groups is 1. The van der Waals surface area contributed by atoms with Gasteiger partial charge < -0.3 is 4.74 Å². The first kappa shape index (κ1) is 18.8. The lowest BCUT2D eigenvalue weighted by atomic mass is 9.81. The molecule has 0 aromatic heterocycles. The molecule has 2 aromatic carbocycles. The summed E-state index contributed by atoms with van der Waals surface area (Å²) >= 11 is 0. The number of carbonyl (C=O) groups is 3. The van der Waals surface area contributed by atoms with Gasteiger partial charge in [0.15, 0.2) is 0 Å². The summed E-state index contributed by atoms with van der Waals surface area (Å²) in [6, 6.07) is 11.3. The molecule has 2 aromatic rings. The maximum absolute atomic E-state index is 12.7. The summed E-state index contributed by atoms with van der Waals surface area (Å²) in [6.07, 6.45) is 3.31. The number of ether oxygens (including phenoxy) is 1. The van der Waals surface area contributed by atoms with E-state index in [9.17, 15) is 24.5 Å². The van der Waals surface area contributed by atoms with Gasteiger partial charge >= 0.3 is 5.97 Å². The number of nitro benzene ring substituents is 1. The van der Waals surface area contributed by atoms with Crippen molar-refractivity contribution < 1.29 is 24.0 Å². The van der Waals surface area contributed by atoms with Gasteiger partial charge in [0.05, 0.1) is 28.0 Å². The second-order valence-electron chi connectivity index (χ2n) is 7.20. The third-order valence-electron chi connectivity index (χ3n) is 5.44. The summed E-state index contributed by atoms with van der Waals surface area (Å²) < 4.78 is 5.25. The lowest BCUT2D eigenvalue weighted by Gasteiger charge is -2.19. The van der Waals surface area contributed by atoms with Crippen LogP contribution in [0.15, 0.2) is 48.5 Å². The molecule has 4 rings (SSSR count). The molecule has 1 saturated carbocycles. The van der Waals surface area contributed by atoms with Crippen LogP contribution in [0.5, 0.6) is 5.75 Å². The van der Waals surface area contributed by atoms with E-state index in [1.54, 1.807) is 12.1 Å². The molecule has 0 unspecified atom stereocenters. The second kappa shape index (κ2) is 7.46. The van der Waals surface area contributed by atoms with Crippen LogP contribution in [0.1, 0.15) is 36.0 Å². The second-order valence-corrected chi connectivity index (χ2v) is 7.20. The lowest BCUT2D eigenvalue weighted by Crippen LogP contribution is -2.31. The Morgan fingerprint density at radius 3 is 2.21 bits per heavy atom. The van der Waals surface area contributed by atoms with E-state index in [0.717, 1.165) is 12.8 Å². The Bertz CT molecular complexity index is 976. The quantitative estimate of drug-likeness (QED) is 0.258. The van der Waals surface area contributed by atoms with Gasteiger partial charge in [0.2, 0.25) is 11.8 Å². The Hall–Kier alpha value is -3.55. The standard InChI is InChI=1S/C21H18N2O6/c24-19-17-6-1-2-7-18(17)20(25)22(19)15-5-3-4-13(12-15)21(26)29-16-10-8-14(9-11-16)23(27)28/h3-5,8-12,17-18H,1-2,6-7H2/t17-,18-/m1/s1. The number of non-ortho nitro benzene ring substituents is 1. The number of amides is 2. The van der Waals surface area contributed by atoms with Gasteiger partial charge in [-0.15, -0.1) is 0 Å². The van der Waals surface area contributed by atoms with Crippen LogP contribution in [0.4, 0.5) is 11.4 Å². The summed E-state index contributed by atoms with van der Waals surface area (Å²) in [4.78, 5) is 49.3. The number of benzene rings is 2. The molecule has 0 spiro atoms. The summed E-state index contributed by atoms with van der Waals surface area (Å²) in [7, 11) is 0. The van der Waals surface area contributed by atoms with Crippen LogP contribution < -0.4 is 9.64 Å². The van der Waals surface area contributed by atoms with Gasteiger partial charge in [-0.2, -0.15) is 0 Å². The number of nitro groups is 1. The Morgan fingerprint density at radius 2 is 1.62 bits per heavy atom. The molecule has 0 radical (unpaired) electrons. The Balaban J connectivity index is 1.54. The Morgan fingerprint density at radius 1 is 1.00 bits per heavy atom. The molecule has 2 atom stereocenters. The van der Waals surface area contributed by atoms with Crippen molar-refractivity contribution in [2.24, 2.45) is 11.8 Å². The topological polar surface area (TPSA) is 107 Å². The molecule has 1 aliphatic carbocycles. The van der Waals surface area contributed by atoms with Crippen LogP contribution in [0.2, 0.25) is 0 Å². The van der Waals surface area contributed by atoms with Crippen molar-refractivity contribution in [2.45, 2.75) is 25.7 Å². The zero-order valence-electron chi connectivity index (χ0n) is 15.4. The van der Waals surface area contributed by atoms with Gasteiger partial charge in [0.1, 0.15) is 5.75 Å². The first-order valence-corrected chi connectivity index (χ1v) is 9.40. The third kappa shape index (κ3) is 3.49. The van der Waals surface area contributed by atoms with E-state index in [4.69, 9.17) is 4.74 Å². The van der Waals surface area contributed by atoms with Gasteiger partial charge in [-0.3, -0.25) is 24.6 Å². The van der Waals surface area contributed by atoms with Crippen LogP contribution in [-0.2, 0) is 9.59 Å². The van der Waals surface area contributed by atoms with E-state index in [0.29, 0.717) is 18.5 Å². The van der Waals surface area contributed by atoms with Crippen LogP contribution in [0.25, 0.3) is 0 Å². The zero-order chi connectivity index (χ0) is 20.5. The van der Waals surface area contributed by atoms with E-state index in [2.05, 4.69) is 0 Å². The highest BCUT2D eigenvalue weighted by Crippen LogP contribution is 2.40. The molecule has 0 N–H and O–H groups in total. The van der Waals surface area contributed by atoms with Gasteiger partial charge in [-0.05, 0) is 43.2 Å². The van der Waals surface area contributed by atoms with Crippen LogP contribution in [-0.4, -0.2) is 22.7 Å². The minimum Gasteiger partial charge on any atom is -0.423 e. The molecular formula is C21H18N2O6. The lowest BCUT2D eigenvalue weighted by molar-refractivity contribution is -0.384. The van der Waals surface area contributed by atoms with Crippen molar-refractivity contribution in [2.75, 3.05) is 4.90 Å². The molecule has 2 amide bonds. The van der Waals surface area contributed by atoms with E-state index >= 15 is 0 Å². The maximum atomic E-state index is 12.7. The molecule has 2 fully saturated rings. The fourth-order valence-corrected chi connectivity index (χ4v) is 3.99. The van der Waals surface area contributed by atoms with Gasteiger partial charge in [-0.25, -0.2) is 4.79 Å². The number of fused-ring (bicyclic) bond motifs is 1. The first-order chi connectivity index (χ1) is 14.0. The third-order valence-corrected chi connectivity index (χ3v) is 5.44. The maximum Gasteiger partial charge on any atom is 0.343 e. The highest BCUT2D eigenvalue weighted by atomic mass is 16.6. The van der Waals surface area contributed by atoms with Crippen molar-refractivity contribution >= 4 is 29.2 Å². The number of hydrogen-bond donors (Lipinski definition) is 0. The van der Waals surface area contributed by atoms with Crippen molar-refractivity contribution in [1.29, 1.82) is 0 Å².